The minimum atomic E-state index is -0.348. The van der Waals surface area contributed by atoms with E-state index >= 15 is 0 Å². The van der Waals surface area contributed by atoms with Crippen molar-refractivity contribution in [3.63, 3.8) is 0 Å². The van der Waals surface area contributed by atoms with Gasteiger partial charge < -0.3 is 10.3 Å². The topological polar surface area (TPSA) is 112 Å². The van der Waals surface area contributed by atoms with E-state index in [-0.39, 0.29) is 24.2 Å². The highest BCUT2D eigenvalue weighted by atomic mass is 19.1. The van der Waals surface area contributed by atoms with Crippen molar-refractivity contribution in [3.8, 4) is 17.5 Å². The highest BCUT2D eigenvalue weighted by Crippen LogP contribution is 2.28. The van der Waals surface area contributed by atoms with Crippen molar-refractivity contribution in [2.45, 2.75) is 19.4 Å². The molecule has 0 bridgehead atoms. The van der Waals surface area contributed by atoms with Gasteiger partial charge in [0.1, 0.15) is 22.7 Å². The van der Waals surface area contributed by atoms with E-state index in [0.717, 1.165) is 5.39 Å². The van der Waals surface area contributed by atoms with Gasteiger partial charge in [-0.3, -0.25) is 9.48 Å². The van der Waals surface area contributed by atoms with Crippen molar-refractivity contribution in [1.82, 2.24) is 30.0 Å². The van der Waals surface area contributed by atoms with Crippen LogP contribution in [-0.4, -0.2) is 36.7 Å². The summed E-state index contributed by atoms with van der Waals surface area (Å²) in [5, 5.41) is 16.7. The van der Waals surface area contributed by atoms with Crippen LogP contribution in [0.25, 0.3) is 33.5 Å². The second-order valence-corrected chi connectivity index (χ2v) is 6.53. The number of aromatic nitrogens is 5. The quantitative estimate of drug-likeness (QED) is 0.568. The lowest BCUT2D eigenvalue weighted by molar-refractivity contribution is 0.0942. The third-order valence-electron chi connectivity index (χ3n) is 4.46. The molecule has 140 valence electrons. The Balaban J connectivity index is 1.79. The van der Waals surface area contributed by atoms with Gasteiger partial charge in [-0.05, 0) is 25.1 Å². The molecule has 4 aromatic rings. The molecular weight excluding hydrogens is 361 g/mol. The van der Waals surface area contributed by atoms with Crippen molar-refractivity contribution in [1.29, 1.82) is 5.26 Å². The van der Waals surface area contributed by atoms with E-state index in [4.69, 9.17) is 5.26 Å². The third-order valence-corrected chi connectivity index (χ3v) is 4.46. The first-order valence-electron chi connectivity index (χ1n) is 8.62. The Kier molecular flexibility index (Phi) is 4.24. The van der Waals surface area contributed by atoms with E-state index in [0.29, 0.717) is 33.6 Å². The first kappa shape index (κ1) is 17.6. The number of nitriles is 1. The van der Waals surface area contributed by atoms with Gasteiger partial charge in [-0.2, -0.15) is 10.4 Å². The fraction of sp³-hybridized carbons (Fsp3) is 0.211. The lowest BCUT2D eigenvalue weighted by Crippen LogP contribution is -2.32. The molecular formula is C19H16FN7O. The molecule has 3 heterocycles. The number of carbonyl (C=O) groups excluding carboxylic acids is 1. The van der Waals surface area contributed by atoms with Gasteiger partial charge >= 0.3 is 0 Å². The normalized spacial score (nSPS) is 12.2. The first-order valence-corrected chi connectivity index (χ1v) is 8.62. The van der Waals surface area contributed by atoms with E-state index in [1.807, 2.05) is 6.07 Å². The van der Waals surface area contributed by atoms with Crippen LogP contribution in [0.3, 0.4) is 0 Å². The summed E-state index contributed by atoms with van der Waals surface area (Å²) in [7, 11) is 1.73. The number of nitrogens with zero attached hydrogens (tertiary/aromatic N) is 5. The molecule has 8 nitrogen and oxygen atoms in total. The Morgan fingerprint density at radius 1 is 1.46 bits per heavy atom. The molecule has 0 spiro atoms. The van der Waals surface area contributed by atoms with Gasteiger partial charge in [0.15, 0.2) is 5.65 Å². The van der Waals surface area contributed by atoms with Crippen LogP contribution in [0.2, 0.25) is 0 Å². The largest absolute Gasteiger partial charge is 0.348 e. The average molecular weight is 377 g/mol. The lowest BCUT2D eigenvalue weighted by atomic mass is 10.1. The van der Waals surface area contributed by atoms with Crippen LogP contribution in [0.15, 0.2) is 30.6 Å². The van der Waals surface area contributed by atoms with E-state index in [1.165, 1.54) is 18.3 Å². The standard InChI is InChI=1S/C19H16FN7O/c1-10(5-6-21)24-19(28)13-8-22-18-17(13)25-14(9-23-18)16-12-4-3-11(20)7-15(12)27(2)26-16/h3-4,7-10H,5H2,1-2H3,(H,22,23)(H,24,28)/t10-/m0/s1. The predicted octanol–water partition coefficient (Wildman–Crippen LogP) is 2.68. The number of fused-ring (bicyclic) bond motifs is 2. The number of hydrogen-bond donors (Lipinski definition) is 2. The Hall–Kier alpha value is -3.80. The smallest absolute Gasteiger partial charge is 0.255 e. The van der Waals surface area contributed by atoms with Crippen LogP contribution in [0.1, 0.15) is 23.7 Å². The molecule has 0 fully saturated rings. The van der Waals surface area contributed by atoms with Gasteiger partial charge in [0, 0.05) is 24.7 Å². The second-order valence-electron chi connectivity index (χ2n) is 6.53. The molecule has 28 heavy (non-hydrogen) atoms. The summed E-state index contributed by atoms with van der Waals surface area (Å²) in [5.41, 5.74) is 2.86. The van der Waals surface area contributed by atoms with E-state index in [1.54, 1.807) is 30.9 Å². The molecule has 9 heteroatoms. The van der Waals surface area contributed by atoms with E-state index in [9.17, 15) is 9.18 Å². The summed E-state index contributed by atoms with van der Waals surface area (Å²) < 4.78 is 15.1. The number of H-pyrrole nitrogens is 1. The van der Waals surface area contributed by atoms with Crippen LogP contribution in [0.5, 0.6) is 0 Å². The van der Waals surface area contributed by atoms with Crippen molar-refractivity contribution in [2.24, 2.45) is 7.05 Å². The fourth-order valence-electron chi connectivity index (χ4n) is 3.09. The molecule has 0 aliphatic heterocycles. The van der Waals surface area contributed by atoms with E-state index in [2.05, 4.69) is 25.4 Å². The van der Waals surface area contributed by atoms with Gasteiger partial charge in [-0.1, -0.05) is 0 Å². The van der Waals surface area contributed by atoms with E-state index < -0.39 is 0 Å². The number of rotatable bonds is 4. The SMILES string of the molecule is C[C@@H](CC#N)NC(=O)c1c[nH]c2ncc(-c3nn(C)c4cc(F)ccc34)nc12. The summed E-state index contributed by atoms with van der Waals surface area (Å²) in [5.74, 6) is -0.687. The molecule has 1 aromatic carbocycles. The van der Waals surface area contributed by atoms with Gasteiger partial charge in [0.25, 0.3) is 5.91 Å². The number of carbonyl (C=O) groups is 1. The number of aromatic amines is 1. The summed E-state index contributed by atoms with van der Waals surface area (Å²) in [4.78, 5) is 24.4. The van der Waals surface area contributed by atoms with Gasteiger partial charge in [-0.25, -0.2) is 14.4 Å². The number of benzene rings is 1. The van der Waals surface area contributed by atoms with Gasteiger partial charge in [0.05, 0.1) is 29.8 Å². The molecule has 0 radical (unpaired) electrons. The Bertz CT molecular complexity index is 1250. The highest BCUT2D eigenvalue weighted by molar-refractivity contribution is 6.05. The molecule has 0 aliphatic rings. The highest BCUT2D eigenvalue weighted by Gasteiger charge is 2.19. The first-order chi connectivity index (χ1) is 13.5. The maximum atomic E-state index is 13.6. The van der Waals surface area contributed by atoms with Gasteiger partial charge in [-0.15, -0.1) is 0 Å². The van der Waals surface area contributed by atoms with Crippen LogP contribution in [-0.2, 0) is 7.05 Å². The molecule has 0 unspecified atom stereocenters. The van der Waals surface area contributed by atoms with Crippen LogP contribution in [0, 0.1) is 17.1 Å². The lowest BCUT2D eigenvalue weighted by Gasteiger charge is -2.09. The van der Waals surface area contributed by atoms with Crippen LogP contribution >= 0.6 is 0 Å². The zero-order valence-electron chi connectivity index (χ0n) is 15.2. The number of aryl methyl sites for hydroxylation is 1. The molecule has 1 atom stereocenters. The molecule has 3 aromatic heterocycles. The maximum Gasteiger partial charge on any atom is 0.255 e. The Labute approximate surface area is 159 Å². The molecule has 0 saturated carbocycles. The number of halogens is 1. The zero-order valence-corrected chi connectivity index (χ0v) is 15.2. The maximum absolute atomic E-state index is 13.6. The third kappa shape index (κ3) is 2.95. The Morgan fingerprint density at radius 2 is 2.29 bits per heavy atom. The molecule has 4 rings (SSSR count). The Morgan fingerprint density at radius 3 is 3.07 bits per heavy atom. The number of amides is 1. The van der Waals surface area contributed by atoms with Crippen molar-refractivity contribution < 1.29 is 9.18 Å². The predicted molar refractivity (Wildman–Crippen MR) is 101 cm³/mol. The van der Waals surface area contributed by atoms with Crippen LogP contribution in [0.4, 0.5) is 4.39 Å². The van der Waals surface area contributed by atoms with Crippen LogP contribution < -0.4 is 5.32 Å². The molecule has 1 amide bonds. The van der Waals surface area contributed by atoms with Crippen molar-refractivity contribution in [2.75, 3.05) is 0 Å². The minimum Gasteiger partial charge on any atom is -0.348 e. The second kappa shape index (κ2) is 6.74. The fourth-order valence-corrected chi connectivity index (χ4v) is 3.09. The summed E-state index contributed by atoms with van der Waals surface area (Å²) in [6.45, 7) is 1.76. The molecule has 0 saturated heterocycles. The number of hydrogen-bond acceptors (Lipinski definition) is 5. The zero-order chi connectivity index (χ0) is 19.8. The monoisotopic (exact) mass is 377 g/mol. The summed E-state index contributed by atoms with van der Waals surface area (Å²) in [6, 6.07) is 6.16. The summed E-state index contributed by atoms with van der Waals surface area (Å²) >= 11 is 0. The summed E-state index contributed by atoms with van der Waals surface area (Å²) in [6.07, 6.45) is 3.31. The average Bonchev–Trinajstić information content (AvgIpc) is 3.22. The number of nitrogens with one attached hydrogen (secondary N) is 2. The molecule has 2 N–H and O–H groups in total. The van der Waals surface area contributed by atoms with Crippen molar-refractivity contribution >= 4 is 28.0 Å². The van der Waals surface area contributed by atoms with Gasteiger partial charge in [0.2, 0.25) is 0 Å². The minimum absolute atomic E-state index is 0.210. The van der Waals surface area contributed by atoms with Crippen molar-refractivity contribution in [3.05, 3.63) is 42.0 Å². The molecule has 0 aliphatic carbocycles.